The number of ether oxygens (including phenoxy) is 1. The van der Waals surface area contributed by atoms with E-state index in [0.29, 0.717) is 54.3 Å². The van der Waals surface area contributed by atoms with Crippen LogP contribution in [-0.4, -0.2) is 59.7 Å². The molecule has 31 heavy (non-hydrogen) atoms. The van der Waals surface area contributed by atoms with Gasteiger partial charge in [-0.05, 0) is 45.0 Å². The van der Waals surface area contributed by atoms with Gasteiger partial charge < -0.3 is 10.1 Å². The number of morpholine rings is 1. The second kappa shape index (κ2) is 8.37. The molecule has 1 N–H and O–H groups in total. The molecule has 3 heterocycles. The minimum absolute atomic E-state index is 0.102. The summed E-state index contributed by atoms with van der Waals surface area (Å²) in [5, 5.41) is 7.83. The molecule has 4 rings (SSSR count). The van der Waals surface area contributed by atoms with Crippen LogP contribution in [0.25, 0.3) is 11.0 Å². The normalized spacial score (nSPS) is 15.5. The summed E-state index contributed by atoms with van der Waals surface area (Å²) < 4.78 is 34.3. The van der Waals surface area contributed by atoms with E-state index in [-0.39, 0.29) is 16.8 Å². The predicted molar refractivity (Wildman–Crippen MR) is 117 cm³/mol. The van der Waals surface area contributed by atoms with Gasteiger partial charge in [0.25, 0.3) is 5.91 Å². The zero-order chi connectivity index (χ0) is 22.2. The van der Waals surface area contributed by atoms with E-state index in [4.69, 9.17) is 4.74 Å². The molecule has 9 nitrogen and oxygen atoms in total. The number of rotatable bonds is 5. The molecule has 2 aromatic heterocycles. The van der Waals surface area contributed by atoms with Crippen LogP contribution >= 0.6 is 0 Å². The summed E-state index contributed by atoms with van der Waals surface area (Å²) in [6.45, 7) is 7.19. The number of fused-ring (bicyclic) bond motifs is 1. The zero-order valence-corrected chi connectivity index (χ0v) is 18.5. The Kier molecular flexibility index (Phi) is 5.78. The first-order chi connectivity index (χ1) is 14.8. The number of benzene rings is 1. The van der Waals surface area contributed by atoms with E-state index in [9.17, 15) is 13.2 Å². The number of aromatic nitrogens is 3. The van der Waals surface area contributed by atoms with E-state index >= 15 is 0 Å². The first-order valence-corrected chi connectivity index (χ1v) is 11.6. The molecule has 0 atom stereocenters. The summed E-state index contributed by atoms with van der Waals surface area (Å²) in [6.07, 6.45) is 1.63. The molecule has 1 aliphatic heterocycles. The SMILES string of the molecule is Cc1cc(C(=O)Nc2cccc(S(=O)(=O)N3CCOCC3)c2)c2cnn(C(C)C)c2n1. The van der Waals surface area contributed by atoms with Gasteiger partial charge in [0.05, 0.1) is 35.3 Å². The van der Waals surface area contributed by atoms with Crippen molar-refractivity contribution in [2.75, 3.05) is 31.6 Å². The molecule has 3 aromatic rings. The fourth-order valence-corrected chi connectivity index (χ4v) is 5.03. The number of aryl methyl sites for hydroxylation is 1. The monoisotopic (exact) mass is 443 g/mol. The average molecular weight is 444 g/mol. The Hall–Kier alpha value is -2.82. The maximum Gasteiger partial charge on any atom is 0.256 e. The van der Waals surface area contributed by atoms with Crippen LogP contribution in [0.5, 0.6) is 0 Å². The van der Waals surface area contributed by atoms with Crippen LogP contribution in [0.1, 0.15) is 35.9 Å². The average Bonchev–Trinajstić information content (AvgIpc) is 3.18. The lowest BCUT2D eigenvalue weighted by molar-refractivity contribution is 0.0730. The van der Waals surface area contributed by atoms with Gasteiger partial charge >= 0.3 is 0 Å². The van der Waals surface area contributed by atoms with Crippen molar-refractivity contribution < 1.29 is 17.9 Å². The highest BCUT2D eigenvalue weighted by atomic mass is 32.2. The molecule has 0 spiro atoms. The summed E-state index contributed by atoms with van der Waals surface area (Å²) in [4.78, 5) is 17.7. The van der Waals surface area contributed by atoms with Crippen molar-refractivity contribution in [1.29, 1.82) is 0 Å². The predicted octanol–water partition coefficient (Wildman–Crippen LogP) is 2.59. The third kappa shape index (κ3) is 4.18. The molecule has 1 saturated heterocycles. The molecule has 0 saturated carbocycles. The van der Waals surface area contributed by atoms with Gasteiger partial charge in [-0.25, -0.2) is 18.1 Å². The van der Waals surface area contributed by atoms with Gasteiger partial charge in [0, 0.05) is 30.5 Å². The summed E-state index contributed by atoms with van der Waals surface area (Å²) in [5.41, 5.74) is 2.18. The van der Waals surface area contributed by atoms with Crippen LogP contribution in [-0.2, 0) is 14.8 Å². The Morgan fingerprint density at radius 1 is 1.19 bits per heavy atom. The van der Waals surface area contributed by atoms with Gasteiger partial charge in [-0.15, -0.1) is 0 Å². The highest BCUT2D eigenvalue weighted by Gasteiger charge is 2.26. The molecule has 1 aliphatic rings. The number of sulfonamides is 1. The molecule has 1 fully saturated rings. The van der Waals surface area contributed by atoms with Crippen molar-refractivity contribution >= 4 is 32.7 Å². The number of pyridine rings is 1. The summed E-state index contributed by atoms with van der Waals surface area (Å²) >= 11 is 0. The Morgan fingerprint density at radius 2 is 1.94 bits per heavy atom. The Morgan fingerprint density at radius 3 is 2.65 bits per heavy atom. The molecule has 10 heteroatoms. The van der Waals surface area contributed by atoms with E-state index in [1.165, 1.54) is 16.4 Å². The molecular weight excluding hydrogens is 418 g/mol. The van der Waals surface area contributed by atoms with Crippen molar-refractivity contribution in [1.82, 2.24) is 19.1 Å². The van der Waals surface area contributed by atoms with Crippen LogP contribution in [0, 0.1) is 6.92 Å². The third-order valence-corrected chi connectivity index (χ3v) is 7.02. The molecule has 1 aromatic carbocycles. The van der Waals surface area contributed by atoms with Crippen molar-refractivity contribution in [2.45, 2.75) is 31.7 Å². The summed E-state index contributed by atoms with van der Waals surface area (Å²) in [7, 11) is -3.65. The van der Waals surface area contributed by atoms with E-state index in [1.54, 1.807) is 29.1 Å². The van der Waals surface area contributed by atoms with Crippen LogP contribution in [0.3, 0.4) is 0 Å². The fourth-order valence-electron chi connectivity index (χ4n) is 3.58. The Balaban J connectivity index is 1.63. The summed E-state index contributed by atoms with van der Waals surface area (Å²) in [6, 6.07) is 8.10. The number of carbonyl (C=O) groups excluding carboxylic acids is 1. The molecule has 0 aliphatic carbocycles. The zero-order valence-electron chi connectivity index (χ0n) is 17.7. The van der Waals surface area contributed by atoms with E-state index in [1.807, 2.05) is 20.8 Å². The minimum Gasteiger partial charge on any atom is -0.379 e. The van der Waals surface area contributed by atoms with Gasteiger partial charge in [-0.2, -0.15) is 9.40 Å². The van der Waals surface area contributed by atoms with Crippen molar-refractivity contribution in [3.8, 4) is 0 Å². The highest BCUT2D eigenvalue weighted by molar-refractivity contribution is 7.89. The highest BCUT2D eigenvalue weighted by Crippen LogP contribution is 2.24. The number of carbonyl (C=O) groups is 1. The van der Waals surface area contributed by atoms with Gasteiger partial charge in [0.1, 0.15) is 0 Å². The number of anilines is 1. The lowest BCUT2D eigenvalue weighted by Crippen LogP contribution is -2.40. The number of hydrogen-bond donors (Lipinski definition) is 1. The lowest BCUT2D eigenvalue weighted by atomic mass is 10.1. The maximum atomic E-state index is 13.1. The van der Waals surface area contributed by atoms with Crippen molar-refractivity contribution in [2.24, 2.45) is 0 Å². The standard InChI is InChI=1S/C21H25N5O4S/c1-14(2)26-20-19(13-22-26)18(11-15(3)23-20)21(27)24-16-5-4-6-17(12-16)31(28,29)25-7-9-30-10-8-25/h4-6,11-14H,7-10H2,1-3H3,(H,24,27). The fraction of sp³-hybridized carbons (Fsp3) is 0.381. The van der Waals surface area contributed by atoms with E-state index in [0.717, 1.165) is 0 Å². The second-order valence-corrected chi connectivity index (χ2v) is 9.67. The van der Waals surface area contributed by atoms with Crippen molar-refractivity contribution in [3.05, 3.63) is 47.8 Å². The smallest absolute Gasteiger partial charge is 0.256 e. The number of hydrogen-bond acceptors (Lipinski definition) is 6. The van der Waals surface area contributed by atoms with Gasteiger partial charge in [0.15, 0.2) is 5.65 Å². The van der Waals surface area contributed by atoms with Crippen LogP contribution in [0.2, 0.25) is 0 Å². The first kappa shape index (κ1) is 21.4. The van der Waals surface area contributed by atoms with E-state index < -0.39 is 10.0 Å². The lowest BCUT2D eigenvalue weighted by Gasteiger charge is -2.26. The topological polar surface area (TPSA) is 106 Å². The molecule has 1 amide bonds. The minimum atomic E-state index is -3.65. The van der Waals surface area contributed by atoms with Gasteiger partial charge in [0.2, 0.25) is 10.0 Å². The quantitative estimate of drug-likeness (QED) is 0.650. The second-order valence-electron chi connectivity index (χ2n) is 7.73. The third-order valence-electron chi connectivity index (χ3n) is 5.13. The largest absolute Gasteiger partial charge is 0.379 e. The Bertz CT molecular complexity index is 1230. The maximum absolute atomic E-state index is 13.1. The number of nitrogens with zero attached hydrogens (tertiary/aromatic N) is 4. The Labute approximate surface area is 181 Å². The first-order valence-electron chi connectivity index (χ1n) is 10.1. The van der Waals surface area contributed by atoms with E-state index in [2.05, 4.69) is 15.4 Å². The molecule has 0 unspecified atom stereocenters. The number of nitrogens with one attached hydrogen (secondary N) is 1. The number of amides is 1. The molecule has 0 bridgehead atoms. The summed E-state index contributed by atoms with van der Waals surface area (Å²) in [5.74, 6) is -0.347. The van der Waals surface area contributed by atoms with Crippen molar-refractivity contribution in [3.63, 3.8) is 0 Å². The van der Waals surface area contributed by atoms with Crippen LogP contribution < -0.4 is 5.32 Å². The molecule has 0 radical (unpaired) electrons. The van der Waals surface area contributed by atoms with Gasteiger partial charge in [-0.1, -0.05) is 6.07 Å². The molecule has 164 valence electrons. The van der Waals surface area contributed by atoms with Crippen LogP contribution in [0.15, 0.2) is 41.4 Å². The van der Waals surface area contributed by atoms with Crippen LogP contribution in [0.4, 0.5) is 5.69 Å². The van der Waals surface area contributed by atoms with Gasteiger partial charge in [-0.3, -0.25) is 4.79 Å². The molecular formula is C21H25N5O4S.